The van der Waals surface area contributed by atoms with Gasteiger partial charge < -0.3 is 0 Å². The molecule has 0 N–H and O–H groups in total. The van der Waals surface area contributed by atoms with Gasteiger partial charge >= 0.3 is 0 Å². The summed E-state index contributed by atoms with van der Waals surface area (Å²) in [5.41, 5.74) is -0.383. The van der Waals surface area contributed by atoms with Crippen LogP contribution < -0.4 is 0 Å². The van der Waals surface area contributed by atoms with Gasteiger partial charge in [-0.15, -0.1) is 0 Å². The topological polar surface area (TPSA) is 36.7 Å². The van der Waals surface area contributed by atoms with Gasteiger partial charge in [0.05, 0.1) is 4.47 Å². The van der Waals surface area contributed by atoms with Crippen LogP contribution in [0.15, 0.2) is 10.5 Å². The summed E-state index contributed by atoms with van der Waals surface area (Å²) in [4.78, 5) is 3.49. The Kier molecular flexibility index (Phi) is 3.55. The minimum atomic E-state index is -2.64. The van der Waals surface area contributed by atoms with Crippen LogP contribution in [0.4, 0.5) is 8.78 Å². The summed E-state index contributed by atoms with van der Waals surface area (Å²) in [6, 6.07) is 2.98. The van der Waals surface area contributed by atoms with Crippen molar-refractivity contribution in [2.45, 2.75) is 6.43 Å². The number of nitriles is 1. The van der Waals surface area contributed by atoms with Crippen LogP contribution in [-0.2, 0) is 0 Å². The Morgan fingerprint density at radius 2 is 2.23 bits per heavy atom. The first kappa shape index (κ1) is 10.8. The Balaban J connectivity index is 3.32. The molecule has 1 rings (SSSR count). The summed E-state index contributed by atoms with van der Waals surface area (Å²) >= 11 is 4.95. The second-order valence-corrected chi connectivity index (χ2v) is 4.06. The third kappa shape index (κ3) is 2.34. The van der Waals surface area contributed by atoms with E-state index in [0.29, 0.717) is 8.04 Å². The van der Waals surface area contributed by atoms with Crippen LogP contribution in [-0.4, -0.2) is 4.98 Å². The van der Waals surface area contributed by atoms with E-state index in [2.05, 4.69) is 20.9 Å². The highest BCUT2D eigenvalue weighted by Gasteiger charge is 2.14. The molecule has 68 valence electrons. The van der Waals surface area contributed by atoms with Crippen molar-refractivity contribution in [3.05, 3.63) is 25.5 Å². The largest absolute Gasteiger partial charge is 0.280 e. The molecule has 0 aromatic carbocycles. The van der Waals surface area contributed by atoms with Crippen LogP contribution in [0.2, 0.25) is 0 Å². The van der Waals surface area contributed by atoms with Gasteiger partial charge in [-0.1, -0.05) is 0 Å². The zero-order chi connectivity index (χ0) is 10.0. The second kappa shape index (κ2) is 4.28. The molecule has 0 unspecified atom stereocenters. The molecule has 0 bridgehead atoms. The van der Waals surface area contributed by atoms with Gasteiger partial charge in [0.2, 0.25) is 0 Å². The highest BCUT2D eigenvalue weighted by molar-refractivity contribution is 14.1. The van der Waals surface area contributed by atoms with Crippen molar-refractivity contribution in [2.75, 3.05) is 0 Å². The molecule has 0 aliphatic rings. The van der Waals surface area contributed by atoms with Crippen LogP contribution in [0.5, 0.6) is 0 Å². The van der Waals surface area contributed by atoms with Crippen molar-refractivity contribution in [1.82, 2.24) is 4.98 Å². The summed E-state index contributed by atoms with van der Waals surface area (Å²) in [7, 11) is 0. The fraction of sp³-hybridized carbons (Fsp3) is 0.143. The molecule has 0 saturated carbocycles. The van der Waals surface area contributed by atoms with E-state index in [1.807, 2.05) is 22.6 Å². The first-order chi connectivity index (χ1) is 6.06. The molecule has 0 radical (unpaired) electrons. The lowest BCUT2D eigenvalue weighted by atomic mass is 10.3. The van der Waals surface area contributed by atoms with Crippen molar-refractivity contribution < 1.29 is 8.78 Å². The van der Waals surface area contributed by atoms with Gasteiger partial charge in [-0.25, -0.2) is 13.8 Å². The molecule has 1 aromatic rings. The summed E-state index contributed by atoms with van der Waals surface area (Å²) < 4.78 is 25.4. The van der Waals surface area contributed by atoms with Crippen molar-refractivity contribution >= 4 is 38.5 Å². The molecule has 1 heterocycles. The normalized spacial score (nSPS) is 10.2. The maximum absolute atomic E-state index is 12.2. The Bertz CT molecular complexity index is 375. The molecule has 0 atom stereocenters. The molecule has 0 spiro atoms. The third-order valence-corrected chi connectivity index (χ3v) is 3.66. The van der Waals surface area contributed by atoms with Crippen LogP contribution >= 0.6 is 38.5 Å². The zero-order valence-electron chi connectivity index (χ0n) is 6.06. The number of nitrogens with zero attached hydrogens (tertiary/aromatic N) is 2. The summed E-state index contributed by atoms with van der Waals surface area (Å²) in [5.74, 6) is 0. The minimum absolute atomic E-state index is 0.0119. The van der Waals surface area contributed by atoms with Gasteiger partial charge in [-0.2, -0.15) is 5.26 Å². The van der Waals surface area contributed by atoms with E-state index in [1.54, 1.807) is 6.07 Å². The molecule has 0 aliphatic heterocycles. The smallest absolute Gasteiger partial charge is 0.235 e. The predicted octanol–water partition coefficient (Wildman–Crippen LogP) is 3.26. The molecule has 2 nitrogen and oxygen atoms in total. The molecular formula is C7H2BrF2IN2. The number of hydrogen-bond donors (Lipinski definition) is 0. The molecule has 1 aromatic heterocycles. The highest BCUT2D eigenvalue weighted by Crippen LogP contribution is 2.26. The first-order valence-electron chi connectivity index (χ1n) is 3.10. The Labute approximate surface area is 95.2 Å². The monoisotopic (exact) mass is 358 g/mol. The SMILES string of the molecule is N#Cc1nc(C(F)F)cc(I)c1Br. The van der Waals surface area contributed by atoms with E-state index in [-0.39, 0.29) is 11.4 Å². The molecule has 0 amide bonds. The van der Waals surface area contributed by atoms with Crippen LogP contribution in [0.25, 0.3) is 0 Å². The van der Waals surface area contributed by atoms with Gasteiger partial charge in [-0.05, 0) is 44.6 Å². The number of alkyl halides is 2. The van der Waals surface area contributed by atoms with E-state index in [0.717, 1.165) is 0 Å². The minimum Gasteiger partial charge on any atom is -0.235 e. The lowest BCUT2D eigenvalue weighted by molar-refractivity contribution is 0.146. The van der Waals surface area contributed by atoms with E-state index in [4.69, 9.17) is 5.26 Å². The van der Waals surface area contributed by atoms with Crippen LogP contribution in [0, 0.1) is 14.9 Å². The van der Waals surface area contributed by atoms with Crippen molar-refractivity contribution in [1.29, 1.82) is 5.26 Å². The van der Waals surface area contributed by atoms with Gasteiger partial charge in [0.25, 0.3) is 6.43 Å². The maximum atomic E-state index is 12.2. The number of pyridine rings is 1. The van der Waals surface area contributed by atoms with Crippen molar-refractivity contribution in [2.24, 2.45) is 0 Å². The molecule has 6 heteroatoms. The lowest BCUT2D eigenvalue weighted by Gasteiger charge is -2.02. The van der Waals surface area contributed by atoms with Gasteiger partial charge in [0.1, 0.15) is 11.8 Å². The molecule has 13 heavy (non-hydrogen) atoms. The zero-order valence-corrected chi connectivity index (χ0v) is 9.80. The average molecular weight is 359 g/mol. The average Bonchev–Trinajstić information content (AvgIpc) is 2.09. The van der Waals surface area contributed by atoms with E-state index >= 15 is 0 Å². The second-order valence-electron chi connectivity index (χ2n) is 2.10. The van der Waals surface area contributed by atoms with Crippen LogP contribution in [0.3, 0.4) is 0 Å². The van der Waals surface area contributed by atoms with Crippen molar-refractivity contribution in [3.63, 3.8) is 0 Å². The summed E-state index contributed by atoms with van der Waals surface area (Å²) in [6.45, 7) is 0. The number of rotatable bonds is 1. The summed E-state index contributed by atoms with van der Waals surface area (Å²) in [5, 5.41) is 8.56. The van der Waals surface area contributed by atoms with Gasteiger partial charge in [-0.3, -0.25) is 0 Å². The lowest BCUT2D eigenvalue weighted by Crippen LogP contribution is -1.96. The predicted molar refractivity (Wildman–Crippen MR) is 54.3 cm³/mol. The highest BCUT2D eigenvalue weighted by atomic mass is 127. The maximum Gasteiger partial charge on any atom is 0.280 e. The Hall–Kier alpha value is -0.290. The van der Waals surface area contributed by atoms with E-state index in [1.165, 1.54) is 6.07 Å². The molecule has 0 aliphatic carbocycles. The molecular weight excluding hydrogens is 357 g/mol. The fourth-order valence-electron chi connectivity index (χ4n) is 0.703. The first-order valence-corrected chi connectivity index (χ1v) is 4.97. The Morgan fingerprint density at radius 1 is 1.62 bits per heavy atom. The number of hydrogen-bond acceptors (Lipinski definition) is 2. The number of halogens is 4. The quantitative estimate of drug-likeness (QED) is 0.722. The third-order valence-electron chi connectivity index (χ3n) is 1.26. The van der Waals surface area contributed by atoms with Crippen LogP contribution in [0.1, 0.15) is 17.8 Å². The number of aromatic nitrogens is 1. The fourth-order valence-corrected chi connectivity index (χ4v) is 1.57. The van der Waals surface area contributed by atoms with E-state index < -0.39 is 6.43 Å². The molecule has 0 fully saturated rings. The summed E-state index contributed by atoms with van der Waals surface area (Å²) in [6.07, 6.45) is -2.64. The molecule has 0 saturated heterocycles. The van der Waals surface area contributed by atoms with Gasteiger partial charge in [0.15, 0.2) is 5.69 Å². The Morgan fingerprint density at radius 3 is 2.69 bits per heavy atom. The standard InChI is InChI=1S/C7H2BrF2IN2/c8-6-3(11)1-4(7(9)10)13-5(6)2-12/h1,7H. The van der Waals surface area contributed by atoms with Crippen molar-refractivity contribution in [3.8, 4) is 6.07 Å². The van der Waals surface area contributed by atoms with E-state index in [9.17, 15) is 8.78 Å². The van der Waals surface area contributed by atoms with Gasteiger partial charge in [0, 0.05) is 3.57 Å².